The van der Waals surface area contributed by atoms with Crippen molar-refractivity contribution in [3.63, 3.8) is 0 Å². The van der Waals surface area contributed by atoms with E-state index < -0.39 is 0 Å². The molecule has 2 amide bonds. The van der Waals surface area contributed by atoms with Crippen LogP contribution in [0.1, 0.15) is 37.8 Å². The molecule has 0 aromatic heterocycles. The Bertz CT molecular complexity index is 705. The fourth-order valence-corrected chi connectivity index (χ4v) is 2.94. The van der Waals surface area contributed by atoms with Gasteiger partial charge in [0.05, 0.1) is 0 Å². The van der Waals surface area contributed by atoms with E-state index in [-0.39, 0.29) is 11.8 Å². The zero-order valence-corrected chi connectivity index (χ0v) is 17.9. The molecule has 0 bridgehead atoms. The molecule has 2 aromatic rings. The number of benzene rings is 2. The van der Waals surface area contributed by atoms with Crippen LogP contribution in [0.2, 0.25) is 0 Å². The molecule has 6 heteroatoms. The second kappa shape index (κ2) is 13.2. The molecule has 30 heavy (non-hydrogen) atoms. The number of hydrogen-bond donors (Lipinski definition) is 2. The summed E-state index contributed by atoms with van der Waals surface area (Å²) < 4.78 is 11.5. The molecule has 0 radical (unpaired) electrons. The Morgan fingerprint density at radius 1 is 0.667 bits per heavy atom. The summed E-state index contributed by atoms with van der Waals surface area (Å²) >= 11 is 0. The van der Waals surface area contributed by atoms with E-state index >= 15 is 0 Å². The first-order valence-corrected chi connectivity index (χ1v) is 10.5. The second-order valence-corrected chi connectivity index (χ2v) is 7.16. The van der Waals surface area contributed by atoms with Crippen LogP contribution in [0.3, 0.4) is 0 Å². The van der Waals surface area contributed by atoms with Crippen molar-refractivity contribution in [3.8, 4) is 11.5 Å². The number of rotatable bonds is 13. The lowest BCUT2D eigenvalue weighted by Crippen LogP contribution is -2.21. The molecule has 6 nitrogen and oxygen atoms in total. The van der Waals surface area contributed by atoms with Crippen molar-refractivity contribution in [1.29, 1.82) is 0 Å². The fourth-order valence-electron chi connectivity index (χ4n) is 2.94. The Kier molecular flexibility index (Phi) is 10.3. The molecule has 0 fully saturated rings. The standard InChI is InChI=1S/C24H32N2O4/c1-19(27)25-15-3-5-21-7-11-23(12-8-21)29-17-18-30-24-13-9-22(10-14-24)6-4-16-26-20(2)28/h7-14H,3-6,15-18H2,1-2H3,(H,25,27)(H,26,28). The zero-order chi connectivity index (χ0) is 21.6. The number of ether oxygens (including phenoxy) is 2. The smallest absolute Gasteiger partial charge is 0.216 e. The summed E-state index contributed by atoms with van der Waals surface area (Å²) in [6.07, 6.45) is 3.68. The van der Waals surface area contributed by atoms with Crippen molar-refractivity contribution >= 4 is 11.8 Å². The minimum absolute atomic E-state index is 0.00982. The average molecular weight is 413 g/mol. The quantitative estimate of drug-likeness (QED) is 0.495. The molecule has 0 heterocycles. The van der Waals surface area contributed by atoms with Crippen LogP contribution < -0.4 is 20.1 Å². The SMILES string of the molecule is CC(=O)NCCCc1ccc(OCCOc2ccc(CCCNC(C)=O)cc2)cc1. The van der Waals surface area contributed by atoms with Gasteiger partial charge in [0.2, 0.25) is 11.8 Å². The van der Waals surface area contributed by atoms with Gasteiger partial charge in [-0.15, -0.1) is 0 Å². The highest BCUT2D eigenvalue weighted by Gasteiger charge is 2.00. The van der Waals surface area contributed by atoms with Crippen LogP contribution in [-0.2, 0) is 22.4 Å². The summed E-state index contributed by atoms with van der Waals surface area (Å²) in [6, 6.07) is 16.0. The minimum atomic E-state index is 0.00982. The largest absolute Gasteiger partial charge is 0.490 e. The lowest BCUT2D eigenvalue weighted by Gasteiger charge is -2.10. The van der Waals surface area contributed by atoms with Gasteiger partial charge in [0.25, 0.3) is 0 Å². The Balaban J connectivity index is 1.60. The highest BCUT2D eigenvalue weighted by Crippen LogP contribution is 2.15. The Morgan fingerprint density at radius 3 is 1.37 bits per heavy atom. The highest BCUT2D eigenvalue weighted by molar-refractivity contribution is 5.73. The van der Waals surface area contributed by atoms with Gasteiger partial charge in [0, 0.05) is 26.9 Å². The van der Waals surface area contributed by atoms with E-state index in [1.807, 2.05) is 24.3 Å². The van der Waals surface area contributed by atoms with Crippen LogP contribution in [0, 0.1) is 0 Å². The van der Waals surface area contributed by atoms with Crippen molar-refractivity contribution in [2.45, 2.75) is 39.5 Å². The Morgan fingerprint density at radius 2 is 1.03 bits per heavy atom. The first kappa shape index (κ1) is 23.3. The van der Waals surface area contributed by atoms with Gasteiger partial charge in [0.15, 0.2) is 0 Å². The van der Waals surface area contributed by atoms with E-state index in [1.54, 1.807) is 0 Å². The summed E-state index contributed by atoms with van der Waals surface area (Å²) in [7, 11) is 0. The maximum Gasteiger partial charge on any atom is 0.216 e. The molecule has 0 aliphatic rings. The summed E-state index contributed by atoms with van der Waals surface area (Å²) in [5.41, 5.74) is 2.45. The van der Waals surface area contributed by atoms with Crippen molar-refractivity contribution in [1.82, 2.24) is 10.6 Å². The van der Waals surface area contributed by atoms with Gasteiger partial charge in [0.1, 0.15) is 24.7 Å². The number of hydrogen-bond acceptors (Lipinski definition) is 4. The second-order valence-electron chi connectivity index (χ2n) is 7.16. The van der Waals surface area contributed by atoms with Gasteiger partial charge in [-0.1, -0.05) is 24.3 Å². The molecule has 0 aliphatic heterocycles. The third kappa shape index (κ3) is 9.96. The van der Waals surface area contributed by atoms with E-state index in [9.17, 15) is 9.59 Å². The third-order valence-electron chi connectivity index (χ3n) is 4.50. The van der Waals surface area contributed by atoms with Crippen molar-refractivity contribution in [2.24, 2.45) is 0 Å². The molecule has 2 N–H and O–H groups in total. The van der Waals surface area contributed by atoms with Crippen LogP contribution in [0.5, 0.6) is 11.5 Å². The van der Waals surface area contributed by atoms with Gasteiger partial charge in [-0.2, -0.15) is 0 Å². The molecule has 0 spiro atoms. The van der Waals surface area contributed by atoms with Crippen molar-refractivity contribution in [2.75, 3.05) is 26.3 Å². The predicted octanol–water partition coefficient (Wildman–Crippen LogP) is 3.28. The summed E-state index contributed by atoms with van der Waals surface area (Å²) in [5, 5.41) is 5.60. The summed E-state index contributed by atoms with van der Waals surface area (Å²) in [4.78, 5) is 21.7. The van der Waals surface area contributed by atoms with Gasteiger partial charge >= 0.3 is 0 Å². The highest BCUT2D eigenvalue weighted by atomic mass is 16.5. The van der Waals surface area contributed by atoms with Crippen LogP contribution in [0.15, 0.2) is 48.5 Å². The monoisotopic (exact) mass is 412 g/mol. The first-order chi connectivity index (χ1) is 14.5. The van der Waals surface area contributed by atoms with Gasteiger partial charge < -0.3 is 20.1 Å². The van der Waals surface area contributed by atoms with E-state index in [1.165, 1.54) is 25.0 Å². The molecule has 0 saturated heterocycles. The topological polar surface area (TPSA) is 76.7 Å². The summed E-state index contributed by atoms with van der Waals surface area (Å²) in [5.74, 6) is 1.66. The average Bonchev–Trinajstić information content (AvgIpc) is 2.73. The molecule has 2 rings (SSSR count). The van der Waals surface area contributed by atoms with E-state index in [4.69, 9.17) is 9.47 Å². The Hall–Kier alpha value is -3.02. The predicted molar refractivity (Wildman–Crippen MR) is 118 cm³/mol. The normalized spacial score (nSPS) is 10.3. The zero-order valence-electron chi connectivity index (χ0n) is 17.9. The van der Waals surface area contributed by atoms with Gasteiger partial charge in [-0.25, -0.2) is 0 Å². The molecular weight excluding hydrogens is 380 g/mol. The molecular formula is C24H32N2O4. The molecule has 0 aliphatic carbocycles. The van der Waals surface area contributed by atoms with Crippen LogP contribution in [0.4, 0.5) is 0 Å². The minimum Gasteiger partial charge on any atom is -0.490 e. The number of carbonyl (C=O) groups is 2. The van der Waals surface area contributed by atoms with Crippen LogP contribution >= 0.6 is 0 Å². The van der Waals surface area contributed by atoms with Crippen LogP contribution in [0.25, 0.3) is 0 Å². The number of carbonyl (C=O) groups excluding carboxylic acids is 2. The number of aryl methyl sites for hydroxylation is 2. The fraction of sp³-hybridized carbons (Fsp3) is 0.417. The van der Waals surface area contributed by atoms with E-state index in [0.717, 1.165) is 37.2 Å². The first-order valence-electron chi connectivity index (χ1n) is 10.5. The summed E-state index contributed by atoms with van der Waals surface area (Å²) in [6.45, 7) is 5.40. The lowest BCUT2D eigenvalue weighted by molar-refractivity contribution is -0.119. The van der Waals surface area contributed by atoms with E-state index in [2.05, 4.69) is 34.9 Å². The lowest BCUT2D eigenvalue weighted by atomic mass is 10.1. The molecule has 2 aromatic carbocycles. The van der Waals surface area contributed by atoms with Gasteiger partial charge in [-0.05, 0) is 61.1 Å². The van der Waals surface area contributed by atoms with Crippen LogP contribution in [-0.4, -0.2) is 38.1 Å². The Labute approximate surface area is 179 Å². The van der Waals surface area contributed by atoms with Gasteiger partial charge in [-0.3, -0.25) is 9.59 Å². The molecule has 0 saturated carbocycles. The molecule has 0 atom stereocenters. The third-order valence-corrected chi connectivity index (χ3v) is 4.50. The molecule has 0 unspecified atom stereocenters. The van der Waals surface area contributed by atoms with Crippen molar-refractivity contribution < 1.29 is 19.1 Å². The molecule has 162 valence electrons. The number of nitrogens with one attached hydrogen (secondary N) is 2. The number of amides is 2. The van der Waals surface area contributed by atoms with Crippen molar-refractivity contribution in [3.05, 3.63) is 59.7 Å². The maximum absolute atomic E-state index is 10.8. The van der Waals surface area contributed by atoms with E-state index in [0.29, 0.717) is 26.3 Å². The maximum atomic E-state index is 10.8.